The predicted octanol–water partition coefficient (Wildman–Crippen LogP) is 6.96. The summed E-state index contributed by atoms with van der Waals surface area (Å²) in [7, 11) is 0. The molecule has 6 heteroatoms. The summed E-state index contributed by atoms with van der Waals surface area (Å²) < 4.78 is 5.35. The Balaban J connectivity index is 1.86. The Hall–Kier alpha value is -3.80. The number of hydrogen-bond donors (Lipinski definition) is 2. The van der Waals surface area contributed by atoms with Gasteiger partial charge in [-0.1, -0.05) is 47.1 Å². The van der Waals surface area contributed by atoms with Gasteiger partial charge in [0.15, 0.2) is 0 Å². The van der Waals surface area contributed by atoms with Gasteiger partial charge in [-0.05, 0) is 88.1 Å². The number of oxime groups is 1. The minimum Gasteiger partial charge on any atom is -0.508 e. The van der Waals surface area contributed by atoms with Crippen molar-refractivity contribution in [1.82, 2.24) is 0 Å². The third-order valence-electron chi connectivity index (χ3n) is 5.10. The molecule has 6 nitrogen and oxygen atoms in total. The highest BCUT2D eigenvalue weighted by Crippen LogP contribution is 2.32. The number of ether oxygens (including phenoxy) is 1. The van der Waals surface area contributed by atoms with Gasteiger partial charge in [0.2, 0.25) is 0 Å². The largest absolute Gasteiger partial charge is 0.508 e. The van der Waals surface area contributed by atoms with Gasteiger partial charge >= 0.3 is 6.09 Å². The van der Waals surface area contributed by atoms with E-state index in [9.17, 15) is 9.90 Å². The number of hydrogen-bond acceptors (Lipinski definition) is 5. The lowest BCUT2D eigenvalue weighted by Crippen LogP contribution is -2.27. The van der Waals surface area contributed by atoms with Crippen LogP contribution in [0.3, 0.4) is 0 Å². The van der Waals surface area contributed by atoms with Crippen molar-refractivity contribution in [3.05, 3.63) is 82.9 Å². The Morgan fingerprint density at radius 2 is 1.74 bits per heavy atom. The molecule has 0 aliphatic heterocycles. The van der Waals surface area contributed by atoms with Crippen molar-refractivity contribution in [2.75, 3.05) is 5.32 Å². The van der Waals surface area contributed by atoms with Crippen LogP contribution in [0.4, 0.5) is 10.5 Å². The predicted molar refractivity (Wildman–Crippen MR) is 136 cm³/mol. The zero-order valence-electron chi connectivity index (χ0n) is 20.6. The minimum atomic E-state index is -0.588. The topological polar surface area (TPSA) is 80.2 Å². The van der Waals surface area contributed by atoms with Crippen molar-refractivity contribution >= 4 is 17.5 Å². The average molecular weight is 461 g/mol. The molecule has 34 heavy (non-hydrogen) atoms. The molecular formula is C28H32N2O4. The third kappa shape index (κ3) is 6.85. The Kier molecular flexibility index (Phi) is 7.61. The first-order valence-electron chi connectivity index (χ1n) is 11.2. The second-order valence-electron chi connectivity index (χ2n) is 9.33. The number of nitrogens with zero attached hydrogens (tertiary/aromatic N) is 1. The number of benzene rings is 3. The first-order valence-corrected chi connectivity index (χ1v) is 11.2. The monoisotopic (exact) mass is 460 g/mol. The van der Waals surface area contributed by atoms with Crippen LogP contribution in [0.1, 0.15) is 49.9 Å². The summed E-state index contributed by atoms with van der Waals surface area (Å²) in [5.74, 6) is 0.176. The summed E-state index contributed by atoms with van der Waals surface area (Å²) in [6.45, 7) is 11.5. The van der Waals surface area contributed by atoms with E-state index in [2.05, 4.69) is 10.5 Å². The van der Waals surface area contributed by atoms with Crippen molar-refractivity contribution < 1.29 is 19.5 Å². The molecule has 1 amide bonds. The van der Waals surface area contributed by atoms with Gasteiger partial charge in [0, 0.05) is 11.3 Å². The lowest BCUT2D eigenvalue weighted by atomic mass is 9.94. The van der Waals surface area contributed by atoms with Crippen molar-refractivity contribution in [3.8, 4) is 16.9 Å². The molecular weight excluding hydrogens is 428 g/mol. The first-order chi connectivity index (χ1) is 16.0. The van der Waals surface area contributed by atoms with Gasteiger partial charge in [-0.15, -0.1) is 0 Å². The molecule has 3 aromatic carbocycles. The van der Waals surface area contributed by atoms with E-state index in [1.54, 1.807) is 12.1 Å². The molecule has 0 radical (unpaired) electrons. The Labute approximate surface area is 201 Å². The number of rotatable bonds is 6. The van der Waals surface area contributed by atoms with Crippen LogP contribution in [0.15, 0.2) is 65.8 Å². The summed E-state index contributed by atoms with van der Waals surface area (Å²) in [5, 5.41) is 17.4. The van der Waals surface area contributed by atoms with E-state index in [-0.39, 0.29) is 5.75 Å². The maximum absolute atomic E-state index is 12.2. The lowest BCUT2D eigenvalue weighted by Gasteiger charge is -2.20. The van der Waals surface area contributed by atoms with Crippen LogP contribution in [0.25, 0.3) is 11.1 Å². The highest BCUT2D eigenvalue weighted by Gasteiger charge is 2.17. The normalized spacial score (nSPS) is 11.8. The summed E-state index contributed by atoms with van der Waals surface area (Å²) >= 11 is 0. The van der Waals surface area contributed by atoms with Gasteiger partial charge in [-0.3, -0.25) is 5.32 Å². The second-order valence-corrected chi connectivity index (χ2v) is 9.33. The standard InChI is InChI=1S/C28H32N2O4/c1-18-10-12-21(13-11-18)17-33-30-20(3)24-16-26(31)19(2)14-25(24)22-8-7-9-23(15-22)29-27(32)34-28(4,5)6/h7-16,31H,17H2,1-6H3,(H,29,32)/b30-20+. The number of phenolic OH excluding ortho intramolecular Hbond substituents is 1. The number of carbonyl (C=O) groups excluding carboxylic acids is 1. The molecule has 2 N–H and O–H groups in total. The molecule has 0 aliphatic carbocycles. The lowest BCUT2D eigenvalue weighted by molar-refractivity contribution is 0.0636. The molecule has 0 heterocycles. The minimum absolute atomic E-state index is 0.176. The smallest absolute Gasteiger partial charge is 0.412 e. The molecule has 178 valence electrons. The highest BCUT2D eigenvalue weighted by molar-refractivity contribution is 6.05. The number of nitrogens with one attached hydrogen (secondary N) is 1. The third-order valence-corrected chi connectivity index (χ3v) is 5.10. The number of amides is 1. The number of aryl methyl sites for hydroxylation is 2. The molecule has 0 aliphatic rings. The number of carbonyl (C=O) groups is 1. The Morgan fingerprint density at radius 1 is 1.03 bits per heavy atom. The van der Waals surface area contributed by atoms with Crippen LogP contribution in [0, 0.1) is 13.8 Å². The van der Waals surface area contributed by atoms with Crippen LogP contribution >= 0.6 is 0 Å². The van der Waals surface area contributed by atoms with Crippen LogP contribution in [-0.2, 0) is 16.2 Å². The molecule has 0 spiro atoms. The van der Waals surface area contributed by atoms with E-state index in [0.29, 0.717) is 18.0 Å². The summed E-state index contributed by atoms with van der Waals surface area (Å²) in [6.07, 6.45) is -0.519. The number of aromatic hydroxyl groups is 1. The fraction of sp³-hybridized carbons (Fsp3) is 0.286. The molecule has 0 fully saturated rings. The maximum Gasteiger partial charge on any atom is 0.412 e. The molecule has 0 atom stereocenters. The second kappa shape index (κ2) is 10.4. The Bertz CT molecular complexity index is 1190. The maximum atomic E-state index is 12.2. The van der Waals surface area contributed by atoms with E-state index in [1.807, 2.05) is 90.1 Å². The highest BCUT2D eigenvalue weighted by atomic mass is 16.6. The average Bonchev–Trinajstić information content (AvgIpc) is 2.75. The van der Waals surface area contributed by atoms with Gasteiger partial charge < -0.3 is 14.7 Å². The van der Waals surface area contributed by atoms with Crippen LogP contribution < -0.4 is 5.32 Å². The van der Waals surface area contributed by atoms with E-state index >= 15 is 0 Å². The van der Waals surface area contributed by atoms with Crippen molar-refractivity contribution in [2.45, 2.75) is 53.8 Å². The molecule has 3 aromatic rings. The fourth-order valence-corrected chi connectivity index (χ4v) is 3.36. The van der Waals surface area contributed by atoms with Crippen molar-refractivity contribution in [3.63, 3.8) is 0 Å². The van der Waals surface area contributed by atoms with Crippen molar-refractivity contribution in [1.29, 1.82) is 0 Å². The molecule has 3 rings (SSSR count). The van der Waals surface area contributed by atoms with Crippen LogP contribution in [-0.4, -0.2) is 22.5 Å². The molecule has 0 saturated carbocycles. The van der Waals surface area contributed by atoms with E-state index < -0.39 is 11.7 Å². The van der Waals surface area contributed by atoms with E-state index in [0.717, 1.165) is 27.8 Å². The first kappa shape index (κ1) is 24.8. The number of anilines is 1. The van der Waals surface area contributed by atoms with Gasteiger partial charge in [0.1, 0.15) is 18.0 Å². The summed E-state index contributed by atoms with van der Waals surface area (Å²) in [4.78, 5) is 17.8. The summed E-state index contributed by atoms with van der Waals surface area (Å²) in [6, 6.07) is 19.1. The zero-order valence-corrected chi connectivity index (χ0v) is 20.6. The van der Waals surface area contributed by atoms with E-state index in [4.69, 9.17) is 9.57 Å². The Morgan fingerprint density at radius 3 is 2.41 bits per heavy atom. The van der Waals surface area contributed by atoms with Crippen molar-refractivity contribution in [2.24, 2.45) is 5.16 Å². The molecule has 0 aromatic heterocycles. The van der Waals surface area contributed by atoms with Crippen LogP contribution in [0.5, 0.6) is 5.75 Å². The van der Waals surface area contributed by atoms with Gasteiger partial charge in [-0.25, -0.2) is 4.79 Å². The zero-order chi connectivity index (χ0) is 24.9. The molecule has 0 bridgehead atoms. The fourth-order valence-electron chi connectivity index (χ4n) is 3.36. The summed E-state index contributed by atoms with van der Waals surface area (Å²) in [5.41, 5.74) is 6.05. The van der Waals surface area contributed by atoms with Crippen LogP contribution in [0.2, 0.25) is 0 Å². The molecule has 0 unspecified atom stereocenters. The number of phenols is 1. The molecule has 0 saturated heterocycles. The SMILES string of the molecule is C/C(=N\OCc1ccc(C)cc1)c1cc(O)c(C)cc1-c1cccc(NC(=O)OC(C)(C)C)c1. The van der Waals surface area contributed by atoms with Gasteiger partial charge in [0.05, 0.1) is 5.71 Å². The quantitative estimate of drug-likeness (QED) is 0.308. The van der Waals surface area contributed by atoms with Gasteiger partial charge in [0.25, 0.3) is 0 Å². The van der Waals surface area contributed by atoms with E-state index in [1.165, 1.54) is 5.56 Å². The van der Waals surface area contributed by atoms with Gasteiger partial charge in [-0.2, -0.15) is 0 Å².